The van der Waals surface area contributed by atoms with Crippen LogP contribution in [0, 0.1) is 12.8 Å². The van der Waals surface area contributed by atoms with Crippen molar-refractivity contribution in [2.75, 3.05) is 0 Å². The molecule has 1 heterocycles. The summed E-state index contributed by atoms with van der Waals surface area (Å²) in [6.07, 6.45) is 3.68. The van der Waals surface area contributed by atoms with Crippen molar-refractivity contribution >= 4 is 17.0 Å². The average Bonchev–Trinajstić information content (AvgIpc) is 2.75. The number of aryl methyl sites for hydroxylation is 1. The Morgan fingerprint density at radius 3 is 2.93 bits per heavy atom. The van der Waals surface area contributed by atoms with E-state index in [4.69, 9.17) is 4.99 Å². The maximum absolute atomic E-state index is 4.77. The molecule has 0 amide bonds. The molecule has 0 saturated heterocycles. The molecule has 2 rings (SSSR count). The Hall–Kier alpha value is -0.700. The third kappa shape index (κ3) is 2.65. The van der Waals surface area contributed by atoms with E-state index in [1.807, 2.05) is 6.92 Å². The van der Waals surface area contributed by atoms with Gasteiger partial charge in [0.2, 0.25) is 0 Å². The van der Waals surface area contributed by atoms with E-state index in [2.05, 4.69) is 24.2 Å². The van der Waals surface area contributed by atoms with Crippen molar-refractivity contribution in [1.29, 1.82) is 0 Å². The summed E-state index contributed by atoms with van der Waals surface area (Å²) in [5.41, 5.74) is 2.52. The van der Waals surface area contributed by atoms with Crippen molar-refractivity contribution in [1.82, 2.24) is 4.98 Å². The van der Waals surface area contributed by atoms with E-state index in [9.17, 15) is 0 Å². The summed E-state index contributed by atoms with van der Waals surface area (Å²) in [5, 5.41) is 3.26. The van der Waals surface area contributed by atoms with Gasteiger partial charge in [-0.25, -0.2) is 4.98 Å². The normalized spacial score (nSPS) is 26.1. The number of hydrogen-bond donors (Lipinski definition) is 0. The zero-order valence-corrected chi connectivity index (χ0v) is 10.5. The van der Waals surface area contributed by atoms with Gasteiger partial charge in [-0.2, -0.15) is 0 Å². The third-order valence-corrected chi connectivity index (χ3v) is 3.74. The van der Waals surface area contributed by atoms with E-state index in [-0.39, 0.29) is 6.04 Å². The van der Waals surface area contributed by atoms with Crippen LogP contribution in [0.2, 0.25) is 0 Å². The van der Waals surface area contributed by atoms with Crippen molar-refractivity contribution < 1.29 is 0 Å². The van der Waals surface area contributed by atoms with Crippen LogP contribution in [0.3, 0.4) is 0 Å². The second-order valence-corrected chi connectivity index (χ2v) is 5.57. The van der Waals surface area contributed by atoms with E-state index >= 15 is 0 Å². The minimum absolute atomic E-state index is 0.246. The van der Waals surface area contributed by atoms with Crippen LogP contribution in [-0.4, -0.2) is 10.7 Å². The summed E-state index contributed by atoms with van der Waals surface area (Å²) in [4.78, 5) is 9.25. The molecule has 1 aliphatic rings. The number of thiazole rings is 1. The van der Waals surface area contributed by atoms with Gasteiger partial charge in [-0.3, -0.25) is 4.99 Å². The molecular weight excluding hydrogens is 204 g/mol. The lowest BCUT2D eigenvalue weighted by molar-refractivity contribution is 0.622. The summed E-state index contributed by atoms with van der Waals surface area (Å²) >= 11 is 1.71. The Labute approximate surface area is 95.5 Å². The summed E-state index contributed by atoms with van der Waals surface area (Å²) in [6.45, 7) is 6.50. The molecule has 1 aromatic rings. The van der Waals surface area contributed by atoms with Gasteiger partial charge >= 0.3 is 0 Å². The summed E-state index contributed by atoms with van der Waals surface area (Å²) in [6, 6.07) is 0.246. The van der Waals surface area contributed by atoms with Crippen LogP contribution >= 0.6 is 11.3 Å². The fraction of sp³-hybridized carbons (Fsp3) is 0.667. The summed E-state index contributed by atoms with van der Waals surface area (Å²) in [7, 11) is 0. The number of aromatic nitrogens is 1. The molecule has 2 nitrogen and oxygen atoms in total. The van der Waals surface area contributed by atoms with Crippen molar-refractivity contribution in [3.05, 3.63) is 16.1 Å². The molecule has 1 aliphatic carbocycles. The van der Waals surface area contributed by atoms with Gasteiger partial charge < -0.3 is 0 Å². The fourth-order valence-electron chi connectivity index (χ4n) is 2.05. The van der Waals surface area contributed by atoms with Gasteiger partial charge in [0, 0.05) is 11.1 Å². The van der Waals surface area contributed by atoms with Gasteiger partial charge in [-0.05, 0) is 39.0 Å². The van der Waals surface area contributed by atoms with Gasteiger partial charge in [0.15, 0.2) is 0 Å². The molecule has 0 unspecified atom stereocenters. The van der Waals surface area contributed by atoms with Crippen molar-refractivity contribution in [2.24, 2.45) is 10.9 Å². The Balaban J connectivity index is 2.06. The Morgan fingerprint density at radius 1 is 1.60 bits per heavy atom. The van der Waals surface area contributed by atoms with Crippen LogP contribution in [-0.2, 0) is 0 Å². The highest BCUT2D eigenvalue weighted by molar-refractivity contribution is 7.09. The van der Waals surface area contributed by atoms with E-state index in [1.165, 1.54) is 25.0 Å². The zero-order chi connectivity index (χ0) is 10.8. The molecule has 0 bridgehead atoms. The molecule has 0 N–H and O–H groups in total. The maximum Gasteiger partial charge on any atom is 0.0899 e. The lowest BCUT2D eigenvalue weighted by atomic mass is 10.1. The molecule has 15 heavy (non-hydrogen) atoms. The first-order valence-electron chi connectivity index (χ1n) is 5.62. The Bertz CT molecular complexity index is 367. The van der Waals surface area contributed by atoms with Crippen LogP contribution < -0.4 is 0 Å². The van der Waals surface area contributed by atoms with Crippen molar-refractivity contribution in [2.45, 2.75) is 46.1 Å². The second-order valence-electron chi connectivity index (χ2n) is 4.51. The topological polar surface area (TPSA) is 25.2 Å². The highest BCUT2D eigenvalue weighted by Gasteiger charge is 2.17. The Kier molecular flexibility index (Phi) is 3.19. The number of nitrogens with zero attached hydrogens (tertiary/aromatic N) is 2. The number of aliphatic imine (C=N–C) groups is 1. The van der Waals surface area contributed by atoms with Crippen LogP contribution in [0.1, 0.15) is 49.9 Å². The van der Waals surface area contributed by atoms with Crippen LogP contribution in [0.15, 0.2) is 10.4 Å². The predicted octanol–water partition coefficient (Wildman–Crippen LogP) is 3.77. The molecular formula is C12H18N2S. The van der Waals surface area contributed by atoms with Crippen molar-refractivity contribution in [3.63, 3.8) is 0 Å². The molecule has 2 atom stereocenters. The highest BCUT2D eigenvalue weighted by atomic mass is 32.1. The minimum atomic E-state index is 0.246. The molecule has 1 saturated carbocycles. The first kappa shape index (κ1) is 10.8. The third-order valence-electron chi connectivity index (χ3n) is 2.95. The molecule has 0 radical (unpaired) electrons. The molecule has 82 valence electrons. The monoisotopic (exact) mass is 222 g/mol. The molecule has 0 aliphatic heterocycles. The van der Waals surface area contributed by atoms with Crippen molar-refractivity contribution in [3.8, 4) is 0 Å². The predicted molar refractivity (Wildman–Crippen MR) is 65.7 cm³/mol. The van der Waals surface area contributed by atoms with Gasteiger partial charge in [0.05, 0.1) is 16.7 Å². The molecule has 0 aromatic carbocycles. The SMILES string of the molecule is Cc1nc([C@@H](C)N=C2CC[C@H](C)C2)cs1. The highest BCUT2D eigenvalue weighted by Crippen LogP contribution is 2.26. The van der Waals surface area contributed by atoms with Crippen LogP contribution in [0.25, 0.3) is 0 Å². The quantitative estimate of drug-likeness (QED) is 0.747. The lowest BCUT2D eigenvalue weighted by Gasteiger charge is -2.04. The maximum atomic E-state index is 4.77. The van der Waals surface area contributed by atoms with Crippen LogP contribution in [0.4, 0.5) is 0 Å². The zero-order valence-electron chi connectivity index (χ0n) is 9.66. The lowest BCUT2D eigenvalue weighted by Crippen LogP contribution is -1.97. The number of rotatable bonds is 2. The largest absolute Gasteiger partial charge is 0.285 e. The molecule has 3 heteroatoms. The second kappa shape index (κ2) is 4.44. The standard InChI is InChI=1S/C12H18N2S/c1-8-4-5-11(6-8)13-9(2)12-7-15-10(3)14-12/h7-9H,4-6H2,1-3H3/t8-,9+/m0/s1. The molecule has 1 aromatic heterocycles. The first-order valence-corrected chi connectivity index (χ1v) is 6.50. The molecule has 0 spiro atoms. The van der Waals surface area contributed by atoms with Gasteiger partial charge in [0.25, 0.3) is 0 Å². The first-order chi connectivity index (χ1) is 7.15. The summed E-state index contributed by atoms with van der Waals surface area (Å²) < 4.78 is 0. The average molecular weight is 222 g/mol. The number of hydrogen-bond acceptors (Lipinski definition) is 3. The van der Waals surface area contributed by atoms with Gasteiger partial charge in [-0.1, -0.05) is 6.92 Å². The van der Waals surface area contributed by atoms with E-state index in [0.29, 0.717) is 0 Å². The van der Waals surface area contributed by atoms with Crippen LogP contribution in [0.5, 0.6) is 0 Å². The minimum Gasteiger partial charge on any atom is -0.285 e. The van der Waals surface area contributed by atoms with Gasteiger partial charge in [-0.15, -0.1) is 11.3 Å². The smallest absolute Gasteiger partial charge is 0.0899 e. The van der Waals surface area contributed by atoms with E-state index < -0.39 is 0 Å². The fourth-order valence-corrected chi connectivity index (χ4v) is 2.75. The van der Waals surface area contributed by atoms with E-state index in [0.717, 1.165) is 16.6 Å². The van der Waals surface area contributed by atoms with Gasteiger partial charge in [0.1, 0.15) is 0 Å². The molecule has 1 fully saturated rings. The van der Waals surface area contributed by atoms with E-state index in [1.54, 1.807) is 11.3 Å². The Morgan fingerprint density at radius 2 is 2.40 bits per heavy atom. The summed E-state index contributed by atoms with van der Waals surface area (Å²) in [5.74, 6) is 0.827.